The maximum absolute atomic E-state index is 10.9. The fraction of sp³-hybridized carbons (Fsp3) is 0.857. The first-order chi connectivity index (χ1) is 4.20. The fourth-order valence-electron chi connectivity index (χ4n) is 1.18. The molecule has 52 valence electrons. The number of carbonyl (C=O) groups excluding carboxylic acids is 1. The van der Waals surface area contributed by atoms with Crippen molar-refractivity contribution in [2.75, 3.05) is 0 Å². The molecule has 0 aliphatic heterocycles. The minimum Gasteiger partial charge on any atom is -0.299 e. The fourth-order valence-corrected chi connectivity index (χ4v) is 1.97. The van der Waals surface area contributed by atoms with E-state index in [0.717, 1.165) is 19.3 Å². The van der Waals surface area contributed by atoms with Crippen LogP contribution in [-0.4, -0.2) is 10.6 Å². The average molecular weight is 191 g/mol. The van der Waals surface area contributed by atoms with Gasteiger partial charge in [0.05, 0.1) is 0 Å². The number of ketones is 1. The first-order valence-corrected chi connectivity index (χ1v) is 4.28. The second-order valence-corrected chi connectivity index (χ2v) is 4.03. The maximum Gasteiger partial charge on any atom is 0.135 e. The zero-order valence-electron chi connectivity index (χ0n) is 5.56. The van der Waals surface area contributed by atoms with Crippen LogP contribution in [0.4, 0.5) is 0 Å². The Morgan fingerprint density at radius 3 is 2.78 bits per heavy atom. The van der Waals surface area contributed by atoms with Crippen molar-refractivity contribution in [3.63, 3.8) is 0 Å². The first kappa shape index (κ1) is 7.26. The van der Waals surface area contributed by atoms with E-state index in [2.05, 4.69) is 15.9 Å². The summed E-state index contributed by atoms with van der Waals surface area (Å²) in [6.07, 6.45) is 2.83. The Morgan fingerprint density at radius 1 is 1.67 bits per heavy atom. The van der Waals surface area contributed by atoms with E-state index >= 15 is 0 Å². The molecule has 0 aromatic heterocycles. The molecule has 0 aromatic rings. The molecule has 0 heterocycles. The summed E-state index contributed by atoms with van der Waals surface area (Å²) in [7, 11) is 0. The Labute approximate surface area is 64.0 Å². The van der Waals surface area contributed by atoms with E-state index < -0.39 is 0 Å². The third-order valence-electron chi connectivity index (χ3n) is 1.86. The van der Waals surface area contributed by atoms with Crippen molar-refractivity contribution in [1.29, 1.82) is 0 Å². The summed E-state index contributed by atoms with van der Waals surface area (Å²) < 4.78 is 0. The van der Waals surface area contributed by atoms with Crippen molar-refractivity contribution in [1.82, 2.24) is 0 Å². The molecule has 0 radical (unpaired) electrons. The van der Waals surface area contributed by atoms with Crippen LogP contribution >= 0.6 is 15.9 Å². The molecule has 0 spiro atoms. The molecule has 1 saturated carbocycles. The van der Waals surface area contributed by atoms with Gasteiger partial charge in [0, 0.05) is 17.2 Å². The second-order valence-electron chi connectivity index (χ2n) is 2.74. The Balaban J connectivity index is 2.44. The first-order valence-electron chi connectivity index (χ1n) is 3.37. The van der Waals surface area contributed by atoms with Crippen LogP contribution in [0.15, 0.2) is 0 Å². The van der Waals surface area contributed by atoms with Crippen LogP contribution in [-0.2, 0) is 4.79 Å². The van der Waals surface area contributed by atoms with Gasteiger partial charge in [0.15, 0.2) is 0 Å². The largest absolute Gasteiger partial charge is 0.299 e. The number of hydrogen-bond donors (Lipinski definition) is 0. The molecule has 9 heavy (non-hydrogen) atoms. The van der Waals surface area contributed by atoms with E-state index in [4.69, 9.17) is 0 Å². The van der Waals surface area contributed by atoms with Gasteiger partial charge in [-0.25, -0.2) is 0 Å². The molecule has 1 fully saturated rings. The van der Waals surface area contributed by atoms with E-state index in [1.165, 1.54) is 0 Å². The van der Waals surface area contributed by atoms with Crippen molar-refractivity contribution in [2.45, 2.75) is 31.0 Å². The van der Waals surface area contributed by atoms with Crippen LogP contribution in [0.5, 0.6) is 0 Å². The van der Waals surface area contributed by atoms with Crippen LogP contribution in [0.25, 0.3) is 0 Å². The Bertz CT molecular complexity index is 122. The Kier molecular flexibility index (Phi) is 2.28. The smallest absolute Gasteiger partial charge is 0.135 e. The number of rotatable bonds is 0. The van der Waals surface area contributed by atoms with Crippen molar-refractivity contribution in [3.05, 3.63) is 0 Å². The zero-order valence-corrected chi connectivity index (χ0v) is 7.15. The lowest BCUT2D eigenvalue weighted by atomic mass is 9.90. The van der Waals surface area contributed by atoms with Gasteiger partial charge in [-0.15, -0.1) is 0 Å². The predicted octanol–water partition coefficient (Wildman–Crippen LogP) is 2.14. The van der Waals surface area contributed by atoms with E-state index in [-0.39, 0.29) is 0 Å². The molecule has 0 amide bonds. The van der Waals surface area contributed by atoms with Crippen LogP contribution in [0, 0.1) is 5.92 Å². The number of Topliss-reactive ketones (excluding diaryl/α,β-unsaturated/α-hetero) is 1. The Hall–Kier alpha value is 0.150. The lowest BCUT2D eigenvalue weighted by Gasteiger charge is -2.20. The number of halogens is 1. The van der Waals surface area contributed by atoms with Crippen molar-refractivity contribution in [3.8, 4) is 0 Å². The number of alkyl halides is 1. The predicted molar refractivity (Wildman–Crippen MR) is 40.7 cm³/mol. The topological polar surface area (TPSA) is 17.1 Å². The van der Waals surface area contributed by atoms with Crippen LogP contribution < -0.4 is 0 Å². The van der Waals surface area contributed by atoms with Gasteiger partial charge in [0.2, 0.25) is 0 Å². The van der Waals surface area contributed by atoms with E-state index in [1.807, 2.05) is 6.92 Å². The molecule has 1 aliphatic carbocycles. The summed E-state index contributed by atoms with van der Waals surface area (Å²) in [6, 6.07) is 0. The molecule has 1 aliphatic rings. The van der Waals surface area contributed by atoms with Gasteiger partial charge in [-0.1, -0.05) is 22.9 Å². The normalized spacial score (nSPS) is 36.9. The Morgan fingerprint density at radius 2 is 2.33 bits per heavy atom. The lowest BCUT2D eigenvalue weighted by molar-refractivity contribution is -0.123. The van der Waals surface area contributed by atoms with Gasteiger partial charge in [0.1, 0.15) is 5.78 Å². The summed E-state index contributed by atoms with van der Waals surface area (Å²) in [5.74, 6) is 0.730. The molecular weight excluding hydrogens is 180 g/mol. The number of carbonyl (C=O) groups is 1. The van der Waals surface area contributed by atoms with Crippen molar-refractivity contribution < 1.29 is 4.79 Å². The quantitative estimate of drug-likeness (QED) is 0.536. The summed E-state index contributed by atoms with van der Waals surface area (Å²) in [5.41, 5.74) is 0. The molecule has 2 heteroatoms. The van der Waals surface area contributed by atoms with Gasteiger partial charge in [-0.05, 0) is 12.8 Å². The van der Waals surface area contributed by atoms with E-state index in [1.54, 1.807) is 0 Å². The molecule has 1 nitrogen and oxygen atoms in total. The molecule has 0 aromatic carbocycles. The minimum absolute atomic E-state index is 0.295. The van der Waals surface area contributed by atoms with Gasteiger partial charge in [-0.2, -0.15) is 0 Å². The summed E-state index contributed by atoms with van der Waals surface area (Å²) in [5, 5.41) is 0. The van der Waals surface area contributed by atoms with Crippen LogP contribution in [0.1, 0.15) is 26.2 Å². The average Bonchev–Trinajstić information content (AvgIpc) is 1.80. The third-order valence-corrected chi connectivity index (χ3v) is 2.69. The zero-order chi connectivity index (χ0) is 6.85. The summed E-state index contributed by atoms with van der Waals surface area (Å²) in [6.45, 7) is 2.01. The molecule has 1 rings (SSSR count). The van der Waals surface area contributed by atoms with Gasteiger partial charge >= 0.3 is 0 Å². The molecule has 2 atom stereocenters. The highest BCUT2D eigenvalue weighted by molar-refractivity contribution is 9.09. The highest BCUT2D eigenvalue weighted by Gasteiger charge is 2.22. The second kappa shape index (κ2) is 2.82. The van der Waals surface area contributed by atoms with E-state index in [0.29, 0.717) is 16.5 Å². The van der Waals surface area contributed by atoms with Gasteiger partial charge in [-0.3, -0.25) is 4.79 Å². The number of hydrogen-bond acceptors (Lipinski definition) is 1. The molecule has 0 N–H and O–H groups in total. The molecular formula is C7H11BrO. The van der Waals surface area contributed by atoms with Gasteiger partial charge < -0.3 is 0 Å². The highest BCUT2D eigenvalue weighted by Crippen LogP contribution is 2.25. The van der Waals surface area contributed by atoms with Crippen LogP contribution in [0.2, 0.25) is 0 Å². The lowest BCUT2D eigenvalue weighted by Crippen LogP contribution is -2.22. The third kappa shape index (κ3) is 1.78. The highest BCUT2D eigenvalue weighted by atomic mass is 79.9. The molecule has 0 saturated heterocycles. The van der Waals surface area contributed by atoms with E-state index in [9.17, 15) is 4.79 Å². The molecule has 0 bridgehead atoms. The monoisotopic (exact) mass is 190 g/mol. The standard InChI is InChI=1S/C7H11BrO/c1-5-4-6(8)2-3-7(5)9/h5-6H,2-4H2,1H3. The van der Waals surface area contributed by atoms with Crippen LogP contribution in [0.3, 0.4) is 0 Å². The summed E-state index contributed by atoms with van der Waals surface area (Å²) in [4.78, 5) is 11.5. The van der Waals surface area contributed by atoms with Gasteiger partial charge in [0.25, 0.3) is 0 Å². The summed E-state index contributed by atoms with van der Waals surface area (Å²) >= 11 is 3.50. The minimum atomic E-state index is 0.295. The van der Waals surface area contributed by atoms with Crippen molar-refractivity contribution in [2.24, 2.45) is 5.92 Å². The van der Waals surface area contributed by atoms with Crippen molar-refractivity contribution >= 4 is 21.7 Å². The maximum atomic E-state index is 10.9. The SMILES string of the molecule is CC1CC(Br)CCC1=O. The molecule has 2 unspecified atom stereocenters.